The first kappa shape index (κ1) is 28.7. The third kappa shape index (κ3) is 6.83. The molecule has 0 aliphatic rings. The summed E-state index contributed by atoms with van der Waals surface area (Å²) in [7, 11) is 0.164. The minimum Gasteiger partial charge on any atom is -0.494 e. The van der Waals surface area contributed by atoms with E-state index in [0.717, 1.165) is 21.5 Å². The van der Waals surface area contributed by atoms with Gasteiger partial charge in [0.25, 0.3) is 5.91 Å². The zero-order valence-corrected chi connectivity index (χ0v) is 24.3. The number of aromatic nitrogens is 1. The molecule has 1 aromatic heterocycles. The van der Waals surface area contributed by atoms with Gasteiger partial charge in [-0.3, -0.25) is 9.69 Å². The minimum atomic E-state index is -3.73. The van der Waals surface area contributed by atoms with Crippen molar-refractivity contribution in [2.75, 3.05) is 45.2 Å². The summed E-state index contributed by atoms with van der Waals surface area (Å²) in [5.74, 6) is 0.526. The molecule has 206 valence electrons. The summed E-state index contributed by atoms with van der Waals surface area (Å²) in [4.78, 5) is 22.2. The standard InChI is InChI=1S/C29H34N4O4S2/c1-5-32(21-22-10-8-7-9-11-22)39(35,36)25-15-12-23(13-16-25)28(34)33(19-18-31(3)4)29-30-26-17-14-24(37-6-2)20-27(26)38-29/h7-17,20H,5-6,18-19,21H2,1-4H3. The van der Waals surface area contributed by atoms with Gasteiger partial charge in [-0.05, 0) is 69.0 Å². The number of hydrogen-bond donors (Lipinski definition) is 0. The summed E-state index contributed by atoms with van der Waals surface area (Å²) < 4.78 is 34.7. The molecule has 0 spiro atoms. The van der Waals surface area contributed by atoms with Crippen molar-refractivity contribution in [3.63, 3.8) is 0 Å². The van der Waals surface area contributed by atoms with Gasteiger partial charge in [0.05, 0.1) is 21.7 Å². The topological polar surface area (TPSA) is 83.0 Å². The number of hydrogen-bond acceptors (Lipinski definition) is 7. The highest BCUT2D eigenvalue weighted by Crippen LogP contribution is 2.32. The van der Waals surface area contributed by atoms with Crippen LogP contribution in [-0.2, 0) is 16.6 Å². The van der Waals surface area contributed by atoms with Gasteiger partial charge < -0.3 is 9.64 Å². The Kier molecular flexibility index (Phi) is 9.34. The lowest BCUT2D eigenvalue weighted by molar-refractivity contribution is 0.0985. The van der Waals surface area contributed by atoms with E-state index in [1.54, 1.807) is 17.0 Å². The van der Waals surface area contributed by atoms with Crippen LogP contribution in [0.5, 0.6) is 5.75 Å². The number of benzene rings is 3. The maximum absolute atomic E-state index is 13.7. The molecule has 0 fully saturated rings. The number of likely N-dealkylation sites (N-methyl/N-ethyl adjacent to an activating group) is 1. The molecule has 0 aliphatic carbocycles. The van der Waals surface area contributed by atoms with Crippen LogP contribution < -0.4 is 9.64 Å². The van der Waals surface area contributed by atoms with Crippen LogP contribution >= 0.6 is 11.3 Å². The first-order valence-electron chi connectivity index (χ1n) is 12.9. The second-order valence-electron chi connectivity index (χ2n) is 9.26. The number of rotatable bonds is 12. The Bertz CT molecular complexity index is 1500. The zero-order chi connectivity index (χ0) is 28.0. The SMILES string of the molecule is CCOc1ccc2nc(N(CCN(C)C)C(=O)c3ccc(S(=O)(=O)N(CC)Cc4ccccc4)cc3)sc2c1. The molecule has 4 rings (SSSR count). The first-order valence-corrected chi connectivity index (χ1v) is 15.1. The van der Waals surface area contributed by atoms with Gasteiger partial charge in [-0.15, -0.1) is 0 Å². The Balaban J connectivity index is 1.60. The fourth-order valence-electron chi connectivity index (χ4n) is 4.08. The maximum atomic E-state index is 13.7. The van der Waals surface area contributed by atoms with Crippen LogP contribution in [0.4, 0.5) is 5.13 Å². The highest BCUT2D eigenvalue weighted by Gasteiger charge is 2.25. The van der Waals surface area contributed by atoms with E-state index in [4.69, 9.17) is 9.72 Å². The Morgan fingerprint density at radius 2 is 1.67 bits per heavy atom. The van der Waals surface area contributed by atoms with Crippen LogP contribution in [0.2, 0.25) is 0 Å². The van der Waals surface area contributed by atoms with Crippen molar-refractivity contribution in [3.05, 3.63) is 83.9 Å². The minimum absolute atomic E-state index is 0.153. The lowest BCUT2D eigenvalue weighted by Crippen LogP contribution is -2.36. The molecule has 3 aromatic carbocycles. The van der Waals surface area contributed by atoms with Crippen LogP contribution in [0.25, 0.3) is 10.2 Å². The van der Waals surface area contributed by atoms with Gasteiger partial charge in [-0.25, -0.2) is 13.4 Å². The molecular weight excluding hydrogens is 532 g/mol. The van der Waals surface area contributed by atoms with Crippen molar-refractivity contribution in [1.29, 1.82) is 0 Å². The van der Waals surface area contributed by atoms with Gasteiger partial charge >= 0.3 is 0 Å². The molecule has 0 aliphatic heterocycles. The number of sulfonamides is 1. The number of thiazole rings is 1. The average Bonchev–Trinajstić information content (AvgIpc) is 3.35. The molecule has 8 nitrogen and oxygen atoms in total. The number of ether oxygens (including phenoxy) is 1. The van der Waals surface area contributed by atoms with E-state index in [9.17, 15) is 13.2 Å². The van der Waals surface area contributed by atoms with Crippen molar-refractivity contribution in [2.45, 2.75) is 25.3 Å². The molecule has 1 heterocycles. The van der Waals surface area contributed by atoms with Gasteiger partial charge in [0.1, 0.15) is 5.75 Å². The van der Waals surface area contributed by atoms with Crippen molar-refractivity contribution < 1.29 is 17.9 Å². The van der Waals surface area contributed by atoms with Crippen LogP contribution in [0.15, 0.2) is 77.7 Å². The van der Waals surface area contributed by atoms with E-state index in [1.165, 1.54) is 27.8 Å². The average molecular weight is 567 g/mol. The lowest BCUT2D eigenvalue weighted by atomic mass is 10.2. The molecule has 0 saturated heterocycles. The Labute approximate surface area is 234 Å². The number of carbonyl (C=O) groups is 1. The quantitative estimate of drug-likeness (QED) is 0.237. The van der Waals surface area contributed by atoms with Crippen molar-refractivity contribution in [2.24, 2.45) is 0 Å². The highest BCUT2D eigenvalue weighted by molar-refractivity contribution is 7.89. The summed E-state index contributed by atoms with van der Waals surface area (Å²) in [6.07, 6.45) is 0. The second kappa shape index (κ2) is 12.7. The predicted molar refractivity (Wildman–Crippen MR) is 157 cm³/mol. The summed E-state index contributed by atoms with van der Waals surface area (Å²) in [6, 6.07) is 21.4. The van der Waals surface area contributed by atoms with Crippen LogP contribution in [0.1, 0.15) is 29.8 Å². The Hall–Kier alpha value is -3.31. The smallest absolute Gasteiger partial charge is 0.260 e. The molecular formula is C29H34N4O4S2. The number of carbonyl (C=O) groups excluding carboxylic acids is 1. The third-order valence-corrected chi connectivity index (χ3v) is 9.18. The monoisotopic (exact) mass is 566 g/mol. The molecule has 0 N–H and O–H groups in total. The molecule has 0 atom stereocenters. The molecule has 4 aromatic rings. The Morgan fingerprint density at radius 1 is 0.949 bits per heavy atom. The molecule has 10 heteroatoms. The normalized spacial score (nSPS) is 11.8. The van der Waals surface area contributed by atoms with Crippen molar-refractivity contribution >= 4 is 42.6 Å². The number of anilines is 1. The lowest BCUT2D eigenvalue weighted by Gasteiger charge is -2.23. The third-order valence-electron chi connectivity index (χ3n) is 6.20. The summed E-state index contributed by atoms with van der Waals surface area (Å²) in [5, 5.41) is 0.585. The van der Waals surface area contributed by atoms with E-state index in [0.29, 0.717) is 36.9 Å². The molecule has 1 amide bonds. The molecule has 0 unspecified atom stereocenters. The molecule has 0 saturated carbocycles. The zero-order valence-electron chi connectivity index (χ0n) is 22.7. The number of nitrogens with zero attached hydrogens (tertiary/aromatic N) is 4. The second-order valence-corrected chi connectivity index (χ2v) is 12.2. The fraction of sp³-hybridized carbons (Fsp3) is 0.310. The van der Waals surface area contributed by atoms with Gasteiger partial charge in [0.2, 0.25) is 10.0 Å². The van der Waals surface area contributed by atoms with E-state index >= 15 is 0 Å². The van der Waals surface area contributed by atoms with Gasteiger partial charge in [0.15, 0.2) is 5.13 Å². The van der Waals surface area contributed by atoms with E-state index in [-0.39, 0.29) is 17.3 Å². The van der Waals surface area contributed by atoms with Crippen molar-refractivity contribution in [3.8, 4) is 5.75 Å². The first-order chi connectivity index (χ1) is 18.7. The summed E-state index contributed by atoms with van der Waals surface area (Å²) >= 11 is 1.43. The van der Waals surface area contributed by atoms with E-state index < -0.39 is 10.0 Å². The van der Waals surface area contributed by atoms with E-state index in [2.05, 4.69) is 0 Å². The molecule has 0 radical (unpaired) electrons. The highest BCUT2D eigenvalue weighted by atomic mass is 32.2. The van der Waals surface area contributed by atoms with Crippen molar-refractivity contribution in [1.82, 2.24) is 14.2 Å². The fourth-order valence-corrected chi connectivity index (χ4v) is 6.53. The number of fused-ring (bicyclic) bond motifs is 1. The summed E-state index contributed by atoms with van der Waals surface area (Å²) in [5.41, 5.74) is 2.10. The van der Waals surface area contributed by atoms with Gasteiger partial charge in [0, 0.05) is 31.7 Å². The largest absolute Gasteiger partial charge is 0.494 e. The van der Waals surface area contributed by atoms with E-state index in [1.807, 2.05) is 81.4 Å². The predicted octanol–water partition coefficient (Wildman–Crippen LogP) is 5.11. The number of amides is 1. The summed E-state index contributed by atoms with van der Waals surface area (Å²) in [6.45, 7) is 6.01. The van der Waals surface area contributed by atoms with Crippen LogP contribution in [0, 0.1) is 0 Å². The van der Waals surface area contributed by atoms with Crippen LogP contribution in [-0.4, -0.2) is 68.9 Å². The maximum Gasteiger partial charge on any atom is 0.260 e. The Morgan fingerprint density at radius 3 is 2.31 bits per heavy atom. The van der Waals surface area contributed by atoms with Crippen LogP contribution in [0.3, 0.4) is 0 Å². The molecule has 0 bridgehead atoms. The van der Waals surface area contributed by atoms with Gasteiger partial charge in [-0.2, -0.15) is 4.31 Å². The molecule has 39 heavy (non-hydrogen) atoms. The van der Waals surface area contributed by atoms with Gasteiger partial charge in [-0.1, -0.05) is 48.6 Å².